The van der Waals surface area contributed by atoms with E-state index in [4.69, 9.17) is 15.6 Å². The second kappa shape index (κ2) is 7.88. The highest BCUT2D eigenvalue weighted by Crippen LogP contribution is 2.45. The number of methoxy groups -OCH3 is 1. The summed E-state index contributed by atoms with van der Waals surface area (Å²) in [6.45, 7) is 0. The maximum Gasteiger partial charge on any atom is 0.237 e. The molecule has 9 heteroatoms. The van der Waals surface area contributed by atoms with E-state index in [0.29, 0.717) is 35.8 Å². The molecule has 33 heavy (non-hydrogen) atoms. The van der Waals surface area contributed by atoms with Crippen molar-refractivity contribution in [3.8, 4) is 40.5 Å². The lowest BCUT2D eigenvalue weighted by Crippen LogP contribution is -2.47. The van der Waals surface area contributed by atoms with Gasteiger partial charge in [-0.3, -0.25) is 4.98 Å². The minimum atomic E-state index is -0.537. The van der Waals surface area contributed by atoms with Gasteiger partial charge in [-0.25, -0.2) is 4.98 Å². The van der Waals surface area contributed by atoms with Crippen LogP contribution >= 0.6 is 0 Å². The molecule has 0 unspecified atom stereocenters. The summed E-state index contributed by atoms with van der Waals surface area (Å²) in [7, 11) is 1.53. The molecule has 1 aliphatic rings. The van der Waals surface area contributed by atoms with E-state index in [1.807, 2.05) is 30.3 Å². The van der Waals surface area contributed by atoms with Crippen LogP contribution in [0, 0.1) is 28.6 Å². The van der Waals surface area contributed by atoms with Crippen LogP contribution in [0.2, 0.25) is 0 Å². The number of hydrogen-bond acceptors (Lipinski definition) is 8. The van der Waals surface area contributed by atoms with Crippen molar-refractivity contribution in [3.63, 3.8) is 0 Å². The van der Waals surface area contributed by atoms with Crippen LogP contribution in [0.1, 0.15) is 19.3 Å². The fourth-order valence-corrected chi connectivity index (χ4v) is 4.41. The van der Waals surface area contributed by atoms with Crippen molar-refractivity contribution in [1.29, 1.82) is 10.5 Å². The van der Waals surface area contributed by atoms with E-state index in [2.05, 4.69) is 27.2 Å². The van der Waals surface area contributed by atoms with E-state index < -0.39 is 5.54 Å². The van der Waals surface area contributed by atoms with E-state index in [-0.39, 0.29) is 12.3 Å². The van der Waals surface area contributed by atoms with Gasteiger partial charge in [-0.2, -0.15) is 25.5 Å². The molecule has 5 rings (SSSR count). The molecule has 0 atom stereocenters. The molecule has 2 N–H and O–H groups in total. The van der Waals surface area contributed by atoms with Crippen molar-refractivity contribution in [2.45, 2.75) is 24.8 Å². The van der Waals surface area contributed by atoms with E-state index in [1.165, 1.54) is 7.11 Å². The summed E-state index contributed by atoms with van der Waals surface area (Å²) in [5, 5.41) is 28.7. The molecule has 1 fully saturated rings. The third-order valence-electron chi connectivity index (χ3n) is 6.14. The number of nitrogens with two attached hydrogens (primary N) is 1. The zero-order valence-corrected chi connectivity index (χ0v) is 17.9. The number of benzene rings is 1. The first kappa shape index (κ1) is 20.4. The maximum atomic E-state index is 9.34. The average Bonchev–Trinajstić information content (AvgIpc) is 3.31. The molecule has 1 aromatic carbocycles. The predicted molar refractivity (Wildman–Crippen MR) is 121 cm³/mol. The van der Waals surface area contributed by atoms with Gasteiger partial charge in [0.15, 0.2) is 0 Å². The zero-order chi connectivity index (χ0) is 23.0. The zero-order valence-electron chi connectivity index (χ0n) is 17.9. The Balaban J connectivity index is 1.62. The Morgan fingerprint density at radius 1 is 1.21 bits per heavy atom. The summed E-state index contributed by atoms with van der Waals surface area (Å²) in [5.74, 6) is 0.282. The number of nitriles is 2. The number of rotatable bonds is 5. The number of anilines is 1. The molecule has 0 saturated heterocycles. The topological polar surface area (TPSA) is 139 Å². The second-order valence-corrected chi connectivity index (χ2v) is 8.20. The molecule has 0 spiro atoms. The van der Waals surface area contributed by atoms with Crippen molar-refractivity contribution >= 4 is 16.6 Å². The highest BCUT2D eigenvalue weighted by atomic mass is 16.5. The minimum absolute atomic E-state index is 0.0762. The van der Waals surface area contributed by atoms with Gasteiger partial charge in [0.25, 0.3) is 0 Å². The fraction of sp³-hybridized carbons (Fsp3) is 0.250. The van der Waals surface area contributed by atoms with Gasteiger partial charge in [-0.05, 0) is 43.2 Å². The highest BCUT2D eigenvalue weighted by molar-refractivity contribution is 5.97. The number of ether oxygens (including phenoxy) is 1. The summed E-state index contributed by atoms with van der Waals surface area (Å²) in [4.78, 5) is 10.7. The lowest BCUT2D eigenvalue weighted by molar-refractivity contribution is 0.0713. The monoisotopic (exact) mass is 436 g/mol. The van der Waals surface area contributed by atoms with Crippen molar-refractivity contribution < 1.29 is 4.74 Å². The standard InChI is InChI=1S/C24H20N8O/c1-33-23-19(27)4-5-20(30-23)16-9-18(17-3-2-8-28-21(17)10-16)22-14-29-32(31-22)24(6-7-25)11-15(12-24)13-26/h2-5,8-10,14-15H,6,11-12,27H2,1H3/t15-,24+. The number of pyridine rings is 2. The van der Waals surface area contributed by atoms with Crippen molar-refractivity contribution in [2.75, 3.05) is 12.8 Å². The van der Waals surface area contributed by atoms with Crippen LogP contribution in [0.5, 0.6) is 5.88 Å². The second-order valence-electron chi connectivity index (χ2n) is 8.20. The van der Waals surface area contributed by atoms with Crippen LogP contribution in [0.15, 0.2) is 48.8 Å². The Morgan fingerprint density at radius 2 is 2.06 bits per heavy atom. The number of fused-ring (bicyclic) bond motifs is 1. The summed E-state index contributed by atoms with van der Waals surface area (Å²) in [6, 6.07) is 15.9. The van der Waals surface area contributed by atoms with E-state index in [1.54, 1.807) is 23.3 Å². The van der Waals surface area contributed by atoms with Gasteiger partial charge in [-0.1, -0.05) is 6.07 Å². The van der Waals surface area contributed by atoms with E-state index >= 15 is 0 Å². The first-order chi connectivity index (χ1) is 16.1. The number of hydrogen-bond donors (Lipinski definition) is 1. The Kier molecular flexibility index (Phi) is 4.87. The molecule has 0 radical (unpaired) electrons. The fourth-order valence-electron chi connectivity index (χ4n) is 4.41. The van der Waals surface area contributed by atoms with Crippen LogP contribution in [0.4, 0.5) is 5.69 Å². The van der Waals surface area contributed by atoms with Gasteiger partial charge in [0, 0.05) is 22.7 Å². The molecule has 3 heterocycles. The Hall–Kier alpha value is -4.50. The quantitative estimate of drug-likeness (QED) is 0.499. The Morgan fingerprint density at radius 3 is 2.82 bits per heavy atom. The summed E-state index contributed by atoms with van der Waals surface area (Å²) >= 11 is 0. The maximum absolute atomic E-state index is 9.34. The first-order valence-corrected chi connectivity index (χ1v) is 10.5. The molecule has 4 aromatic rings. The lowest BCUT2D eigenvalue weighted by Gasteiger charge is -2.42. The van der Waals surface area contributed by atoms with Crippen LogP contribution in [-0.4, -0.2) is 32.1 Å². The van der Waals surface area contributed by atoms with Crippen LogP contribution in [0.25, 0.3) is 33.4 Å². The summed E-state index contributed by atoms with van der Waals surface area (Å²) < 4.78 is 5.28. The van der Waals surface area contributed by atoms with Gasteiger partial charge in [0.05, 0.1) is 60.2 Å². The summed E-state index contributed by atoms with van der Waals surface area (Å²) in [6.07, 6.45) is 4.84. The summed E-state index contributed by atoms with van der Waals surface area (Å²) in [5.41, 5.74) is 9.69. The Labute approximate surface area is 190 Å². The van der Waals surface area contributed by atoms with Crippen LogP contribution in [-0.2, 0) is 5.54 Å². The van der Waals surface area contributed by atoms with Crippen molar-refractivity contribution in [3.05, 3.63) is 48.8 Å². The molecule has 9 nitrogen and oxygen atoms in total. The molecule has 1 saturated carbocycles. The van der Waals surface area contributed by atoms with E-state index in [9.17, 15) is 10.5 Å². The molecule has 162 valence electrons. The number of nitrogen functional groups attached to an aromatic ring is 1. The lowest BCUT2D eigenvalue weighted by atomic mass is 9.68. The number of nitrogens with zero attached hydrogens (tertiary/aromatic N) is 7. The largest absolute Gasteiger partial charge is 0.480 e. The third-order valence-corrected chi connectivity index (χ3v) is 6.14. The molecule has 0 aliphatic heterocycles. The number of aromatic nitrogens is 5. The third kappa shape index (κ3) is 3.40. The van der Waals surface area contributed by atoms with Gasteiger partial charge >= 0.3 is 0 Å². The van der Waals surface area contributed by atoms with Crippen molar-refractivity contribution in [1.82, 2.24) is 25.0 Å². The van der Waals surface area contributed by atoms with Gasteiger partial charge in [0.1, 0.15) is 5.69 Å². The normalized spacial score (nSPS) is 19.4. The molecular formula is C24H20N8O. The van der Waals surface area contributed by atoms with Gasteiger partial charge in [0.2, 0.25) is 5.88 Å². The molecular weight excluding hydrogens is 416 g/mol. The molecule has 0 amide bonds. The van der Waals surface area contributed by atoms with Crippen LogP contribution < -0.4 is 10.5 Å². The minimum Gasteiger partial charge on any atom is -0.480 e. The SMILES string of the molecule is COc1nc(-c2cc(-c3cnn([C@]4(CC#N)C[C@H](C#N)C4)n3)c3cccnc3c2)ccc1N. The highest BCUT2D eigenvalue weighted by Gasteiger charge is 2.48. The van der Waals surface area contributed by atoms with Crippen molar-refractivity contribution in [2.24, 2.45) is 5.92 Å². The van der Waals surface area contributed by atoms with Gasteiger partial charge < -0.3 is 10.5 Å². The smallest absolute Gasteiger partial charge is 0.237 e. The average molecular weight is 436 g/mol. The van der Waals surface area contributed by atoms with E-state index in [0.717, 1.165) is 22.0 Å². The predicted octanol–water partition coefficient (Wildman–Crippen LogP) is 3.69. The first-order valence-electron chi connectivity index (χ1n) is 10.5. The van der Waals surface area contributed by atoms with Gasteiger partial charge in [-0.15, -0.1) is 0 Å². The molecule has 1 aliphatic carbocycles. The molecule has 3 aromatic heterocycles. The molecule has 0 bridgehead atoms. The Bertz CT molecular complexity index is 1440. The van der Waals surface area contributed by atoms with Crippen LogP contribution in [0.3, 0.4) is 0 Å².